The zero-order valence-electron chi connectivity index (χ0n) is 15.5. The number of nitrogens with one attached hydrogen (secondary N) is 1. The van der Waals surface area contributed by atoms with Crippen LogP contribution in [0, 0.1) is 0 Å². The SMILES string of the molecule is CN=C(NCc1cccnc1-n1ccnc1)N1CCC(c2ccccc2)C1. The normalized spacial score (nSPS) is 17.3. The molecule has 1 N–H and O–H groups in total. The molecule has 3 aromatic rings. The minimum absolute atomic E-state index is 0.560. The molecule has 1 aromatic carbocycles. The van der Waals surface area contributed by atoms with Gasteiger partial charge >= 0.3 is 0 Å². The molecule has 1 saturated heterocycles. The van der Waals surface area contributed by atoms with E-state index in [0.29, 0.717) is 12.5 Å². The number of aliphatic imine (C=N–C) groups is 1. The Balaban J connectivity index is 1.43. The monoisotopic (exact) mass is 360 g/mol. The highest BCUT2D eigenvalue weighted by Crippen LogP contribution is 2.26. The van der Waals surface area contributed by atoms with Gasteiger partial charge in [-0.2, -0.15) is 0 Å². The van der Waals surface area contributed by atoms with E-state index >= 15 is 0 Å². The Morgan fingerprint density at radius 2 is 2.07 bits per heavy atom. The highest BCUT2D eigenvalue weighted by molar-refractivity contribution is 5.80. The number of hydrogen-bond donors (Lipinski definition) is 1. The van der Waals surface area contributed by atoms with Gasteiger partial charge in [0, 0.05) is 56.8 Å². The molecule has 4 rings (SSSR count). The second kappa shape index (κ2) is 8.03. The van der Waals surface area contributed by atoms with E-state index in [2.05, 4.69) is 61.6 Å². The average molecular weight is 360 g/mol. The van der Waals surface area contributed by atoms with Crippen LogP contribution in [0.4, 0.5) is 0 Å². The standard InChI is InChI=1S/C21H24N6/c1-22-21(26-12-9-19(15-26)17-6-3-2-4-7-17)25-14-18-8-5-10-24-20(18)27-13-11-23-16-27/h2-8,10-11,13,16,19H,9,12,14-15H2,1H3,(H,22,25). The van der Waals surface area contributed by atoms with Gasteiger partial charge in [-0.05, 0) is 18.1 Å². The Labute approximate surface area is 159 Å². The van der Waals surface area contributed by atoms with E-state index in [9.17, 15) is 0 Å². The fourth-order valence-corrected chi connectivity index (χ4v) is 3.64. The van der Waals surface area contributed by atoms with Crippen molar-refractivity contribution in [2.24, 2.45) is 4.99 Å². The molecule has 0 bridgehead atoms. The second-order valence-corrected chi connectivity index (χ2v) is 6.70. The van der Waals surface area contributed by atoms with Crippen LogP contribution in [0.1, 0.15) is 23.5 Å². The minimum atomic E-state index is 0.560. The van der Waals surface area contributed by atoms with E-state index in [1.165, 1.54) is 5.56 Å². The summed E-state index contributed by atoms with van der Waals surface area (Å²) < 4.78 is 1.93. The van der Waals surface area contributed by atoms with Crippen LogP contribution in [0.15, 0.2) is 72.4 Å². The molecule has 1 aliphatic heterocycles. The molecule has 1 atom stereocenters. The summed E-state index contributed by atoms with van der Waals surface area (Å²) in [6, 6.07) is 14.8. The Morgan fingerprint density at radius 3 is 2.85 bits per heavy atom. The molecule has 27 heavy (non-hydrogen) atoms. The first-order valence-electron chi connectivity index (χ1n) is 9.28. The first-order valence-corrected chi connectivity index (χ1v) is 9.28. The smallest absolute Gasteiger partial charge is 0.193 e. The molecule has 0 aliphatic carbocycles. The molecule has 1 fully saturated rings. The molecule has 0 spiro atoms. The molecule has 0 saturated carbocycles. The Kier molecular flexibility index (Phi) is 5.14. The van der Waals surface area contributed by atoms with Crippen LogP contribution in [0.3, 0.4) is 0 Å². The molecule has 0 radical (unpaired) electrons. The van der Waals surface area contributed by atoms with E-state index in [0.717, 1.165) is 36.9 Å². The Bertz CT molecular complexity index is 888. The Morgan fingerprint density at radius 1 is 1.19 bits per heavy atom. The molecule has 6 heteroatoms. The van der Waals surface area contributed by atoms with Gasteiger partial charge in [0.1, 0.15) is 12.1 Å². The summed E-state index contributed by atoms with van der Waals surface area (Å²) >= 11 is 0. The van der Waals surface area contributed by atoms with E-state index in [1.807, 2.05) is 23.9 Å². The highest BCUT2D eigenvalue weighted by atomic mass is 15.3. The Hall–Kier alpha value is -3.15. The van der Waals surface area contributed by atoms with Gasteiger partial charge in [-0.1, -0.05) is 36.4 Å². The molecular formula is C21H24N6. The molecule has 3 heterocycles. The van der Waals surface area contributed by atoms with Gasteiger partial charge in [0.15, 0.2) is 5.96 Å². The highest BCUT2D eigenvalue weighted by Gasteiger charge is 2.25. The summed E-state index contributed by atoms with van der Waals surface area (Å²) in [6.07, 6.45) is 8.40. The van der Waals surface area contributed by atoms with Gasteiger partial charge in [0.2, 0.25) is 0 Å². The van der Waals surface area contributed by atoms with Crippen LogP contribution >= 0.6 is 0 Å². The lowest BCUT2D eigenvalue weighted by molar-refractivity contribution is 0.485. The molecule has 1 aliphatic rings. The topological polar surface area (TPSA) is 58.3 Å². The van der Waals surface area contributed by atoms with Crippen LogP contribution in [-0.4, -0.2) is 45.5 Å². The number of imidazole rings is 1. The summed E-state index contributed by atoms with van der Waals surface area (Å²) in [7, 11) is 1.85. The molecule has 138 valence electrons. The largest absolute Gasteiger partial charge is 0.352 e. The quantitative estimate of drug-likeness (QED) is 0.574. The van der Waals surface area contributed by atoms with E-state index in [1.54, 1.807) is 18.7 Å². The van der Waals surface area contributed by atoms with Crippen molar-refractivity contribution < 1.29 is 0 Å². The lowest BCUT2D eigenvalue weighted by Gasteiger charge is -2.22. The van der Waals surface area contributed by atoms with E-state index in [4.69, 9.17) is 0 Å². The zero-order valence-corrected chi connectivity index (χ0v) is 15.5. The number of pyridine rings is 1. The minimum Gasteiger partial charge on any atom is -0.352 e. The number of aromatic nitrogens is 3. The van der Waals surface area contributed by atoms with Crippen LogP contribution in [-0.2, 0) is 6.54 Å². The number of guanidine groups is 1. The van der Waals surface area contributed by atoms with Crippen LogP contribution < -0.4 is 5.32 Å². The molecule has 2 aromatic heterocycles. The third-order valence-corrected chi connectivity index (χ3v) is 5.02. The average Bonchev–Trinajstić information content (AvgIpc) is 3.42. The number of nitrogens with zero attached hydrogens (tertiary/aromatic N) is 5. The van der Waals surface area contributed by atoms with Crippen LogP contribution in [0.5, 0.6) is 0 Å². The number of rotatable bonds is 4. The predicted octanol–water partition coefficient (Wildman–Crippen LogP) is 2.83. The number of likely N-dealkylation sites (tertiary alicyclic amines) is 1. The maximum Gasteiger partial charge on any atom is 0.193 e. The van der Waals surface area contributed by atoms with Crippen molar-refractivity contribution in [2.45, 2.75) is 18.9 Å². The fourth-order valence-electron chi connectivity index (χ4n) is 3.64. The summed E-state index contributed by atoms with van der Waals surface area (Å²) in [5, 5.41) is 3.50. The fraction of sp³-hybridized carbons (Fsp3) is 0.286. The zero-order chi connectivity index (χ0) is 18.5. The second-order valence-electron chi connectivity index (χ2n) is 6.70. The van der Waals surface area contributed by atoms with Crippen molar-refractivity contribution in [2.75, 3.05) is 20.1 Å². The van der Waals surface area contributed by atoms with Crippen molar-refractivity contribution >= 4 is 5.96 Å². The summed E-state index contributed by atoms with van der Waals surface area (Å²) in [5.74, 6) is 2.39. The first-order chi connectivity index (χ1) is 13.3. The van der Waals surface area contributed by atoms with Crippen LogP contribution in [0.2, 0.25) is 0 Å². The number of benzene rings is 1. The number of hydrogen-bond acceptors (Lipinski definition) is 3. The summed E-state index contributed by atoms with van der Waals surface area (Å²) in [5.41, 5.74) is 2.51. The lowest BCUT2D eigenvalue weighted by atomic mass is 9.99. The van der Waals surface area contributed by atoms with Gasteiger partial charge in [0.05, 0.1) is 0 Å². The van der Waals surface area contributed by atoms with Crippen molar-refractivity contribution in [3.8, 4) is 5.82 Å². The van der Waals surface area contributed by atoms with Gasteiger partial charge in [-0.25, -0.2) is 9.97 Å². The first kappa shape index (κ1) is 17.3. The predicted molar refractivity (Wildman–Crippen MR) is 107 cm³/mol. The molecule has 6 nitrogen and oxygen atoms in total. The third-order valence-electron chi connectivity index (χ3n) is 5.02. The summed E-state index contributed by atoms with van der Waals surface area (Å²) in [6.45, 7) is 2.67. The van der Waals surface area contributed by atoms with Gasteiger partial charge in [-0.15, -0.1) is 0 Å². The maximum absolute atomic E-state index is 4.50. The van der Waals surface area contributed by atoms with E-state index < -0.39 is 0 Å². The van der Waals surface area contributed by atoms with Gasteiger partial charge < -0.3 is 10.2 Å². The van der Waals surface area contributed by atoms with Crippen molar-refractivity contribution in [3.63, 3.8) is 0 Å². The molecular weight excluding hydrogens is 336 g/mol. The summed E-state index contributed by atoms with van der Waals surface area (Å²) in [4.78, 5) is 15.5. The molecule has 0 amide bonds. The maximum atomic E-state index is 4.50. The van der Waals surface area contributed by atoms with Crippen molar-refractivity contribution in [3.05, 3.63) is 78.5 Å². The van der Waals surface area contributed by atoms with Crippen molar-refractivity contribution in [1.29, 1.82) is 0 Å². The van der Waals surface area contributed by atoms with Gasteiger partial charge in [-0.3, -0.25) is 9.56 Å². The van der Waals surface area contributed by atoms with E-state index in [-0.39, 0.29) is 0 Å². The molecule has 1 unspecified atom stereocenters. The van der Waals surface area contributed by atoms with Gasteiger partial charge in [0.25, 0.3) is 0 Å². The lowest BCUT2D eigenvalue weighted by Crippen LogP contribution is -2.39. The third kappa shape index (κ3) is 3.84. The van der Waals surface area contributed by atoms with Crippen LogP contribution in [0.25, 0.3) is 5.82 Å². The van der Waals surface area contributed by atoms with Crippen molar-refractivity contribution in [1.82, 2.24) is 24.8 Å².